The summed E-state index contributed by atoms with van der Waals surface area (Å²) < 4.78 is 44.3. The van der Waals surface area contributed by atoms with Crippen molar-refractivity contribution in [3.63, 3.8) is 0 Å². The van der Waals surface area contributed by atoms with Gasteiger partial charge in [0.2, 0.25) is 0 Å². The van der Waals surface area contributed by atoms with Crippen LogP contribution in [0, 0.1) is 0 Å². The van der Waals surface area contributed by atoms with Crippen molar-refractivity contribution in [1.82, 2.24) is 0 Å². The third-order valence-corrected chi connectivity index (χ3v) is 2.40. The number of ether oxygens (including phenoxy) is 2. The lowest BCUT2D eigenvalue weighted by Gasteiger charge is -2.09. The highest BCUT2D eigenvalue weighted by Crippen LogP contribution is 2.23. The van der Waals surface area contributed by atoms with Crippen LogP contribution in [0.3, 0.4) is 0 Å². The lowest BCUT2D eigenvalue weighted by molar-refractivity contribution is -0.274. The Hall–Kier alpha value is -2.05. The molecule has 0 spiro atoms. The van der Waals surface area contributed by atoms with Gasteiger partial charge in [0.1, 0.15) is 5.75 Å². The van der Waals surface area contributed by atoms with Gasteiger partial charge in [-0.3, -0.25) is 9.59 Å². The first-order valence-corrected chi connectivity index (χ1v) is 5.77. The largest absolute Gasteiger partial charge is 0.573 e. The number of alkyl halides is 3. The van der Waals surface area contributed by atoms with Crippen molar-refractivity contribution in [2.45, 2.75) is 25.6 Å². The fraction of sp³-hybridized carbons (Fsp3) is 0.385. The minimum atomic E-state index is -4.80. The Balaban J connectivity index is 2.60. The highest BCUT2D eigenvalue weighted by Gasteiger charge is 2.31. The van der Waals surface area contributed by atoms with E-state index in [-0.39, 0.29) is 30.6 Å². The summed E-state index contributed by atoms with van der Waals surface area (Å²) in [6.45, 7) is 0. The molecule has 1 rings (SSSR count). The van der Waals surface area contributed by atoms with Crippen LogP contribution in [-0.2, 0) is 9.53 Å². The third-order valence-electron chi connectivity index (χ3n) is 2.40. The fourth-order valence-corrected chi connectivity index (χ4v) is 1.51. The molecule has 0 unspecified atom stereocenters. The Morgan fingerprint density at radius 3 is 2.50 bits per heavy atom. The van der Waals surface area contributed by atoms with E-state index >= 15 is 0 Å². The molecule has 110 valence electrons. The zero-order chi connectivity index (χ0) is 15.2. The van der Waals surface area contributed by atoms with E-state index in [1.54, 1.807) is 0 Å². The minimum absolute atomic E-state index is 0.0462. The SMILES string of the molecule is COC(=O)CCCC(=O)c1cccc(OC(F)(F)F)c1. The molecule has 7 heteroatoms. The van der Waals surface area contributed by atoms with Crippen molar-refractivity contribution in [2.24, 2.45) is 0 Å². The standard InChI is InChI=1S/C13H13F3O4/c1-19-12(18)7-3-6-11(17)9-4-2-5-10(8-9)20-13(14,15)16/h2,4-5,8H,3,6-7H2,1H3. The molecule has 1 aromatic carbocycles. The van der Waals surface area contributed by atoms with Gasteiger partial charge in [-0.15, -0.1) is 13.2 Å². The van der Waals surface area contributed by atoms with E-state index in [2.05, 4.69) is 9.47 Å². The molecule has 0 fully saturated rings. The minimum Gasteiger partial charge on any atom is -0.469 e. The van der Waals surface area contributed by atoms with Gasteiger partial charge in [-0.2, -0.15) is 0 Å². The molecule has 0 N–H and O–H groups in total. The van der Waals surface area contributed by atoms with Crippen LogP contribution in [0.2, 0.25) is 0 Å². The molecule has 0 saturated heterocycles. The Morgan fingerprint density at radius 1 is 1.20 bits per heavy atom. The van der Waals surface area contributed by atoms with Gasteiger partial charge in [0.15, 0.2) is 5.78 Å². The van der Waals surface area contributed by atoms with Gasteiger partial charge in [0.25, 0.3) is 0 Å². The van der Waals surface area contributed by atoms with Crippen molar-refractivity contribution >= 4 is 11.8 Å². The van der Waals surface area contributed by atoms with Gasteiger partial charge >= 0.3 is 12.3 Å². The van der Waals surface area contributed by atoms with Gasteiger partial charge in [0.05, 0.1) is 7.11 Å². The molecular weight excluding hydrogens is 277 g/mol. The molecule has 20 heavy (non-hydrogen) atoms. The predicted molar refractivity (Wildman–Crippen MR) is 63.3 cm³/mol. The number of carbonyl (C=O) groups is 2. The predicted octanol–water partition coefficient (Wildman–Crippen LogP) is 3.11. The van der Waals surface area contributed by atoms with E-state index < -0.39 is 18.1 Å². The molecule has 0 aromatic heterocycles. The van der Waals surface area contributed by atoms with E-state index in [0.29, 0.717) is 0 Å². The first-order chi connectivity index (χ1) is 9.31. The summed E-state index contributed by atoms with van der Waals surface area (Å²) in [6, 6.07) is 4.82. The molecule has 0 radical (unpaired) electrons. The van der Waals surface area contributed by atoms with Crippen LogP contribution in [0.15, 0.2) is 24.3 Å². The monoisotopic (exact) mass is 290 g/mol. The summed E-state index contributed by atoms with van der Waals surface area (Å²) in [5, 5.41) is 0. The number of esters is 1. The summed E-state index contributed by atoms with van der Waals surface area (Å²) in [6.07, 6.45) is -4.39. The highest BCUT2D eigenvalue weighted by atomic mass is 19.4. The molecule has 0 aliphatic heterocycles. The Bertz CT molecular complexity index is 483. The second kappa shape index (κ2) is 6.93. The van der Waals surface area contributed by atoms with Gasteiger partial charge in [-0.05, 0) is 18.6 Å². The number of rotatable bonds is 6. The van der Waals surface area contributed by atoms with Crippen molar-refractivity contribution in [3.8, 4) is 5.75 Å². The average molecular weight is 290 g/mol. The fourth-order valence-electron chi connectivity index (χ4n) is 1.51. The maximum absolute atomic E-state index is 12.0. The van der Waals surface area contributed by atoms with E-state index in [1.807, 2.05) is 0 Å². The first kappa shape index (κ1) is 16.0. The molecule has 0 atom stereocenters. The summed E-state index contributed by atoms with van der Waals surface area (Å²) in [5.41, 5.74) is 0.108. The smallest absolute Gasteiger partial charge is 0.469 e. The lowest BCUT2D eigenvalue weighted by Crippen LogP contribution is -2.17. The number of Topliss-reactive ketones (excluding diaryl/α,β-unsaturated/α-hetero) is 1. The maximum Gasteiger partial charge on any atom is 0.573 e. The van der Waals surface area contributed by atoms with Gasteiger partial charge < -0.3 is 9.47 Å². The lowest BCUT2D eigenvalue weighted by atomic mass is 10.1. The summed E-state index contributed by atoms with van der Waals surface area (Å²) in [7, 11) is 1.24. The number of hydrogen-bond donors (Lipinski definition) is 0. The van der Waals surface area contributed by atoms with Crippen molar-refractivity contribution in [1.29, 1.82) is 0 Å². The number of halogens is 3. The number of methoxy groups -OCH3 is 1. The van der Waals surface area contributed by atoms with Crippen LogP contribution in [0.1, 0.15) is 29.6 Å². The van der Waals surface area contributed by atoms with E-state index in [9.17, 15) is 22.8 Å². The quantitative estimate of drug-likeness (QED) is 0.596. The summed E-state index contributed by atoms with van der Waals surface area (Å²) in [4.78, 5) is 22.6. The van der Waals surface area contributed by atoms with Crippen molar-refractivity contribution in [3.05, 3.63) is 29.8 Å². The van der Waals surface area contributed by atoms with Gasteiger partial charge in [-0.1, -0.05) is 12.1 Å². The molecule has 0 aliphatic carbocycles. The van der Waals surface area contributed by atoms with Crippen LogP contribution in [0.4, 0.5) is 13.2 Å². The third kappa shape index (κ3) is 5.73. The van der Waals surface area contributed by atoms with E-state index in [1.165, 1.54) is 19.2 Å². The molecular formula is C13H13F3O4. The first-order valence-electron chi connectivity index (χ1n) is 5.77. The Labute approximate surface area is 113 Å². The Kier molecular flexibility index (Phi) is 5.54. The van der Waals surface area contributed by atoms with Crippen molar-refractivity contribution in [2.75, 3.05) is 7.11 Å². The zero-order valence-corrected chi connectivity index (χ0v) is 10.7. The zero-order valence-electron chi connectivity index (χ0n) is 10.7. The number of hydrogen-bond acceptors (Lipinski definition) is 4. The molecule has 0 heterocycles. The van der Waals surface area contributed by atoms with Gasteiger partial charge in [-0.25, -0.2) is 0 Å². The van der Waals surface area contributed by atoms with Crippen LogP contribution in [0.5, 0.6) is 5.75 Å². The summed E-state index contributed by atoms with van der Waals surface area (Å²) in [5.74, 6) is -1.25. The molecule has 1 aromatic rings. The van der Waals surface area contributed by atoms with E-state index in [4.69, 9.17) is 0 Å². The topological polar surface area (TPSA) is 52.6 Å². The highest BCUT2D eigenvalue weighted by molar-refractivity contribution is 5.96. The number of carbonyl (C=O) groups excluding carboxylic acids is 2. The van der Waals surface area contributed by atoms with Crippen LogP contribution in [0.25, 0.3) is 0 Å². The second-order valence-electron chi connectivity index (χ2n) is 3.93. The number of ketones is 1. The normalized spacial score (nSPS) is 11.0. The van der Waals surface area contributed by atoms with Crippen LogP contribution >= 0.6 is 0 Å². The summed E-state index contributed by atoms with van der Waals surface area (Å²) >= 11 is 0. The maximum atomic E-state index is 12.0. The molecule has 4 nitrogen and oxygen atoms in total. The van der Waals surface area contributed by atoms with Crippen LogP contribution in [-0.4, -0.2) is 25.2 Å². The molecule has 0 saturated carbocycles. The Morgan fingerprint density at radius 2 is 1.90 bits per heavy atom. The number of benzene rings is 1. The van der Waals surface area contributed by atoms with E-state index in [0.717, 1.165) is 12.1 Å². The molecule has 0 amide bonds. The second-order valence-corrected chi connectivity index (χ2v) is 3.93. The molecule has 0 aliphatic rings. The van der Waals surface area contributed by atoms with Gasteiger partial charge in [0, 0.05) is 18.4 Å². The molecule has 0 bridgehead atoms. The average Bonchev–Trinajstić information content (AvgIpc) is 2.36. The van der Waals surface area contributed by atoms with Crippen molar-refractivity contribution < 1.29 is 32.2 Å². The van der Waals surface area contributed by atoms with Crippen LogP contribution < -0.4 is 4.74 Å².